The van der Waals surface area contributed by atoms with Gasteiger partial charge in [0.15, 0.2) is 11.5 Å². The summed E-state index contributed by atoms with van der Waals surface area (Å²) in [5, 5.41) is 12.5. The number of nitrogens with two attached hydrogens (primary N) is 1. The molecule has 1 aromatic carbocycles. The molecule has 0 atom stereocenters. The maximum atomic E-state index is 5.69. The molecule has 2 N–H and O–H groups in total. The maximum absolute atomic E-state index is 5.69. The van der Waals surface area contributed by atoms with Crippen molar-refractivity contribution in [1.29, 1.82) is 0 Å². The normalized spacial score (nSPS) is 12.5. The van der Waals surface area contributed by atoms with Crippen LogP contribution in [0.3, 0.4) is 0 Å². The lowest BCUT2D eigenvalue weighted by Gasteiger charge is -2.05. The van der Waals surface area contributed by atoms with Gasteiger partial charge < -0.3 is 15.2 Å². The van der Waals surface area contributed by atoms with Crippen LogP contribution >= 0.6 is 11.8 Å². The van der Waals surface area contributed by atoms with Crippen LogP contribution in [0.5, 0.6) is 11.5 Å². The van der Waals surface area contributed by atoms with Gasteiger partial charge in [0.05, 0.1) is 5.69 Å². The highest BCUT2D eigenvalue weighted by atomic mass is 32.2. The molecule has 0 amide bonds. The number of pyridine rings is 1. The molecule has 0 radical (unpaired) electrons. The zero-order valence-electron chi connectivity index (χ0n) is 11.9. The summed E-state index contributed by atoms with van der Waals surface area (Å²) < 4.78 is 12.4. The average molecular weight is 328 g/mol. The van der Waals surface area contributed by atoms with Crippen LogP contribution in [0.1, 0.15) is 5.56 Å². The number of tetrazole rings is 1. The quantitative estimate of drug-likeness (QED) is 0.722. The first-order chi connectivity index (χ1) is 11.3. The van der Waals surface area contributed by atoms with E-state index in [1.807, 2.05) is 30.3 Å². The minimum absolute atomic E-state index is 0.236. The zero-order valence-corrected chi connectivity index (χ0v) is 12.7. The second-order valence-corrected chi connectivity index (χ2v) is 5.73. The molecular formula is C14H12N6O2S. The van der Waals surface area contributed by atoms with Crippen LogP contribution in [-0.4, -0.2) is 32.0 Å². The summed E-state index contributed by atoms with van der Waals surface area (Å²) in [4.78, 5) is 3.98. The fourth-order valence-corrected chi connectivity index (χ4v) is 3.01. The number of nitrogen functional groups attached to an aromatic ring is 1. The lowest BCUT2D eigenvalue weighted by molar-refractivity contribution is 0.174. The highest BCUT2D eigenvalue weighted by Gasteiger charge is 2.16. The first-order valence-corrected chi connectivity index (χ1v) is 7.80. The van der Waals surface area contributed by atoms with Gasteiger partial charge in [0.25, 0.3) is 0 Å². The van der Waals surface area contributed by atoms with E-state index >= 15 is 0 Å². The van der Waals surface area contributed by atoms with Crippen molar-refractivity contribution >= 4 is 17.6 Å². The fraction of sp³-hybridized carbons (Fsp3) is 0.143. The van der Waals surface area contributed by atoms with Crippen molar-refractivity contribution < 1.29 is 9.47 Å². The molecule has 0 saturated heterocycles. The molecule has 1 aliphatic heterocycles. The number of benzene rings is 1. The molecule has 0 spiro atoms. The van der Waals surface area contributed by atoms with E-state index in [2.05, 4.69) is 20.5 Å². The Morgan fingerprint density at radius 2 is 2.09 bits per heavy atom. The number of aromatic nitrogens is 5. The van der Waals surface area contributed by atoms with Crippen molar-refractivity contribution in [2.24, 2.45) is 0 Å². The zero-order chi connectivity index (χ0) is 15.6. The molecule has 3 aromatic rings. The highest BCUT2D eigenvalue weighted by Crippen LogP contribution is 2.34. The maximum Gasteiger partial charge on any atom is 0.231 e. The molecule has 0 unspecified atom stereocenters. The van der Waals surface area contributed by atoms with Crippen LogP contribution in [0.15, 0.2) is 41.7 Å². The SMILES string of the molecule is Nc1cc(CSc2nnnn2-c2ccc3c(c2)OCO3)ccn1. The summed E-state index contributed by atoms with van der Waals surface area (Å²) in [5.74, 6) is 2.61. The van der Waals surface area contributed by atoms with Gasteiger partial charge in [-0.15, -0.1) is 5.10 Å². The van der Waals surface area contributed by atoms with Crippen molar-refractivity contribution in [1.82, 2.24) is 25.2 Å². The van der Waals surface area contributed by atoms with Gasteiger partial charge in [0.1, 0.15) is 5.82 Å². The monoisotopic (exact) mass is 328 g/mol. The molecule has 0 bridgehead atoms. The first-order valence-electron chi connectivity index (χ1n) is 6.81. The Morgan fingerprint density at radius 1 is 1.17 bits per heavy atom. The topological polar surface area (TPSA) is 101 Å². The number of fused-ring (bicyclic) bond motifs is 1. The smallest absolute Gasteiger partial charge is 0.231 e. The van der Waals surface area contributed by atoms with Gasteiger partial charge in [-0.1, -0.05) is 11.8 Å². The summed E-state index contributed by atoms with van der Waals surface area (Å²) in [6, 6.07) is 9.34. The number of ether oxygens (including phenoxy) is 2. The van der Waals surface area contributed by atoms with Crippen LogP contribution in [0.4, 0.5) is 5.82 Å². The van der Waals surface area contributed by atoms with Crippen molar-refractivity contribution in [3.63, 3.8) is 0 Å². The molecule has 2 aromatic heterocycles. The molecule has 0 aliphatic carbocycles. The minimum Gasteiger partial charge on any atom is -0.454 e. The molecule has 3 heterocycles. The molecular weight excluding hydrogens is 316 g/mol. The number of rotatable bonds is 4. The Labute approximate surface area is 135 Å². The van der Waals surface area contributed by atoms with Gasteiger partial charge in [0.2, 0.25) is 11.9 Å². The summed E-state index contributed by atoms with van der Waals surface area (Å²) >= 11 is 1.52. The molecule has 8 nitrogen and oxygen atoms in total. The van der Waals surface area contributed by atoms with Crippen LogP contribution in [-0.2, 0) is 5.75 Å². The Kier molecular flexibility index (Phi) is 3.46. The van der Waals surface area contributed by atoms with Crippen molar-refractivity contribution in [3.05, 3.63) is 42.1 Å². The lowest BCUT2D eigenvalue weighted by atomic mass is 10.3. The van der Waals surface area contributed by atoms with Crippen LogP contribution < -0.4 is 15.2 Å². The van der Waals surface area contributed by atoms with Crippen molar-refractivity contribution in [2.75, 3.05) is 12.5 Å². The third-order valence-corrected chi connectivity index (χ3v) is 4.25. The van der Waals surface area contributed by atoms with Crippen molar-refractivity contribution in [2.45, 2.75) is 10.9 Å². The number of hydrogen-bond acceptors (Lipinski definition) is 8. The van der Waals surface area contributed by atoms with E-state index in [0.717, 1.165) is 17.0 Å². The van der Waals surface area contributed by atoms with E-state index < -0.39 is 0 Å². The molecule has 0 saturated carbocycles. The lowest BCUT2D eigenvalue weighted by Crippen LogP contribution is -1.99. The average Bonchev–Trinajstić information content (AvgIpc) is 3.21. The predicted octanol–water partition coefficient (Wildman–Crippen LogP) is 1.66. The number of thioether (sulfide) groups is 1. The predicted molar refractivity (Wildman–Crippen MR) is 83.5 cm³/mol. The summed E-state index contributed by atoms with van der Waals surface area (Å²) in [7, 11) is 0. The van der Waals surface area contributed by atoms with Crippen LogP contribution in [0, 0.1) is 0 Å². The van der Waals surface area contributed by atoms with Gasteiger partial charge in [-0.05, 0) is 40.3 Å². The third kappa shape index (κ3) is 2.78. The molecule has 4 rings (SSSR count). The number of nitrogens with zero attached hydrogens (tertiary/aromatic N) is 5. The Bertz CT molecular complexity index is 853. The van der Waals surface area contributed by atoms with E-state index in [-0.39, 0.29) is 6.79 Å². The van der Waals surface area contributed by atoms with Gasteiger partial charge >= 0.3 is 0 Å². The van der Waals surface area contributed by atoms with Gasteiger partial charge in [-0.3, -0.25) is 0 Å². The molecule has 0 fully saturated rings. The summed E-state index contributed by atoms with van der Waals surface area (Å²) in [5.41, 5.74) is 7.56. The van der Waals surface area contributed by atoms with E-state index in [1.54, 1.807) is 10.9 Å². The molecule has 23 heavy (non-hydrogen) atoms. The molecule has 9 heteroatoms. The summed E-state index contributed by atoms with van der Waals surface area (Å²) in [6.07, 6.45) is 1.69. The van der Waals surface area contributed by atoms with Gasteiger partial charge in [-0.2, -0.15) is 4.68 Å². The Hall–Kier alpha value is -2.81. The molecule has 116 valence electrons. The third-order valence-electron chi connectivity index (χ3n) is 3.26. The second kappa shape index (κ2) is 5.76. The number of anilines is 1. The standard InChI is InChI=1S/C14H12N6O2S/c15-13-5-9(3-4-16-13)7-23-14-17-18-19-20(14)10-1-2-11-12(6-10)22-8-21-11/h1-6H,7-8H2,(H2,15,16). The largest absolute Gasteiger partial charge is 0.454 e. The van der Waals surface area contributed by atoms with Gasteiger partial charge in [-0.25, -0.2) is 4.98 Å². The van der Waals surface area contributed by atoms with Crippen molar-refractivity contribution in [3.8, 4) is 17.2 Å². The van der Waals surface area contributed by atoms with E-state index in [1.165, 1.54) is 11.8 Å². The first kappa shape index (κ1) is 13.8. The highest BCUT2D eigenvalue weighted by molar-refractivity contribution is 7.98. The van der Waals surface area contributed by atoms with Gasteiger partial charge in [0, 0.05) is 18.0 Å². The van der Waals surface area contributed by atoms with E-state index in [9.17, 15) is 0 Å². The van der Waals surface area contributed by atoms with Crippen LogP contribution in [0.25, 0.3) is 5.69 Å². The van der Waals surface area contributed by atoms with E-state index in [0.29, 0.717) is 22.5 Å². The molecule has 1 aliphatic rings. The number of hydrogen-bond donors (Lipinski definition) is 1. The Morgan fingerprint density at radius 3 is 3.00 bits per heavy atom. The minimum atomic E-state index is 0.236. The van der Waals surface area contributed by atoms with Crippen LogP contribution in [0.2, 0.25) is 0 Å². The second-order valence-electron chi connectivity index (χ2n) is 4.79. The fourth-order valence-electron chi connectivity index (χ4n) is 2.18. The summed E-state index contributed by atoms with van der Waals surface area (Å²) in [6.45, 7) is 0.236. The Balaban J connectivity index is 1.56. The van der Waals surface area contributed by atoms with E-state index in [4.69, 9.17) is 15.2 Å².